The molecule has 1 aliphatic carbocycles. The van der Waals surface area contributed by atoms with Crippen molar-refractivity contribution < 1.29 is 0 Å². The lowest BCUT2D eigenvalue weighted by molar-refractivity contribution is 0.345. The van der Waals surface area contributed by atoms with Crippen LogP contribution in [-0.4, -0.2) is 9.55 Å². The molecule has 0 unspecified atom stereocenters. The van der Waals surface area contributed by atoms with E-state index in [4.69, 9.17) is 0 Å². The molecule has 0 saturated heterocycles. The van der Waals surface area contributed by atoms with Crippen LogP contribution in [0.25, 0.3) is 21.7 Å². The highest BCUT2D eigenvalue weighted by molar-refractivity contribution is 6.06. The summed E-state index contributed by atoms with van der Waals surface area (Å²) in [5.41, 5.74) is 2.09. The SMILES string of the molecule is Cc1cc2c(=O)n(C3CCCCC3)cnc2c2ccccc12. The summed E-state index contributed by atoms with van der Waals surface area (Å²) in [6, 6.07) is 10.5. The predicted molar refractivity (Wildman–Crippen MR) is 90.4 cm³/mol. The van der Waals surface area contributed by atoms with Crippen LogP contribution in [0, 0.1) is 6.92 Å². The Balaban J connectivity index is 1.99. The molecule has 0 amide bonds. The molecule has 3 heteroatoms. The lowest BCUT2D eigenvalue weighted by Gasteiger charge is -2.23. The molecule has 4 rings (SSSR count). The number of aromatic nitrogens is 2. The smallest absolute Gasteiger partial charge is 0.261 e. The van der Waals surface area contributed by atoms with E-state index in [0.717, 1.165) is 34.7 Å². The Kier molecular flexibility index (Phi) is 3.21. The largest absolute Gasteiger partial charge is 0.296 e. The van der Waals surface area contributed by atoms with Crippen molar-refractivity contribution in [1.29, 1.82) is 0 Å². The molecule has 1 aliphatic rings. The topological polar surface area (TPSA) is 34.9 Å². The molecular weight excluding hydrogens is 272 g/mol. The zero-order valence-corrected chi connectivity index (χ0v) is 12.9. The minimum Gasteiger partial charge on any atom is -0.296 e. The highest BCUT2D eigenvalue weighted by Crippen LogP contribution is 2.29. The van der Waals surface area contributed by atoms with Crippen molar-refractivity contribution >= 4 is 21.7 Å². The zero-order valence-electron chi connectivity index (χ0n) is 12.9. The van der Waals surface area contributed by atoms with Gasteiger partial charge in [0.1, 0.15) is 0 Å². The Bertz CT molecular complexity index is 904. The van der Waals surface area contributed by atoms with Gasteiger partial charge >= 0.3 is 0 Å². The van der Waals surface area contributed by atoms with Gasteiger partial charge in [0.25, 0.3) is 5.56 Å². The lowest BCUT2D eigenvalue weighted by atomic mass is 9.95. The van der Waals surface area contributed by atoms with E-state index in [0.29, 0.717) is 6.04 Å². The number of aryl methyl sites for hydroxylation is 1. The second-order valence-electron chi connectivity index (χ2n) is 6.38. The van der Waals surface area contributed by atoms with Crippen molar-refractivity contribution in [3.05, 3.63) is 52.6 Å². The zero-order chi connectivity index (χ0) is 15.1. The van der Waals surface area contributed by atoms with E-state index < -0.39 is 0 Å². The van der Waals surface area contributed by atoms with E-state index in [2.05, 4.69) is 24.0 Å². The molecule has 112 valence electrons. The first-order valence-electron chi connectivity index (χ1n) is 8.15. The molecule has 0 atom stereocenters. The second kappa shape index (κ2) is 5.24. The van der Waals surface area contributed by atoms with Gasteiger partial charge in [0.05, 0.1) is 17.2 Å². The third-order valence-electron chi connectivity index (χ3n) is 4.97. The average molecular weight is 292 g/mol. The molecule has 0 aliphatic heterocycles. The van der Waals surface area contributed by atoms with Crippen molar-refractivity contribution in [1.82, 2.24) is 9.55 Å². The summed E-state index contributed by atoms with van der Waals surface area (Å²) in [5, 5.41) is 3.01. The van der Waals surface area contributed by atoms with Crippen LogP contribution >= 0.6 is 0 Å². The van der Waals surface area contributed by atoms with E-state index in [9.17, 15) is 4.79 Å². The van der Waals surface area contributed by atoms with Gasteiger partial charge < -0.3 is 0 Å². The number of rotatable bonds is 1. The molecule has 0 bridgehead atoms. The summed E-state index contributed by atoms with van der Waals surface area (Å²) < 4.78 is 1.87. The molecule has 0 spiro atoms. The van der Waals surface area contributed by atoms with Gasteiger partial charge in [-0.25, -0.2) is 4.98 Å². The van der Waals surface area contributed by atoms with Crippen molar-refractivity contribution in [2.75, 3.05) is 0 Å². The fourth-order valence-corrected chi connectivity index (χ4v) is 3.77. The van der Waals surface area contributed by atoms with Gasteiger partial charge in [-0.05, 0) is 36.8 Å². The predicted octanol–water partition coefficient (Wildman–Crippen LogP) is 4.36. The quantitative estimate of drug-likeness (QED) is 0.624. The van der Waals surface area contributed by atoms with Crippen molar-refractivity contribution in [3.8, 4) is 0 Å². The van der Waals surface area contributed by atoms with Crippen molar-refractivity contribution in [2.24, 2.45) is 0 Å². The summed E-state index contributed by atoms with van der Waals surface area (Å²) in [4.78, 5) is 17.6. The first-order valence-corrected chi connectivity index (χ1v) is 8.15. The van der Waals surface area contributed by atoms with Gasteiger partial charge in [-0.1, -0.05) is 43.5 Å². The van der Waals surface area contributed by atoms with E-state index in [1.807, 2.05) is 22.8 Å². The monoisotopic (exact) mass is 292 g/mol. The second-order valence-corrected chi connectivity index (χ2v) is 6.38. The highest BCUT2D eigenvalue weighted by atomic mass is 16.1. The average Bonchev–Trinajstić information content (AvgIpc) is 2.57. The number of nitrogens with zero attached hydrogens (tertiary/aromatic N) is 2. The maximum atomic E-state index is 12.9. The Hall–Kier alpha value is -2.16. The maximum absolute atomic E-state index is 12.9. The number of hydrogen-bond donors (Lipinski definition) is 0. The fourth-order valence-electron chi connectivity index (χ4n) is 3.77. The Morgan fingerprint density at radius 3 is 2.55 bits per heavy atom. The number of hydrogen-bond acceptors (Lipinski definition) is 2. The first kappa shape index (κ1) is 13.5. The van der Waals surface area contributed by atoms with Crippen LogP contribution in [0.3, 0.4) is 0 Å². The Morgan fingerprint density at radius 1 is 1.05 bits per heavy atom. The highest BCUT2D eigenvalue weighted by Gasteiger charge is 2.18. The summed E-state index contributed by atoms with van der Waals surface area (Å²) in [6.45, 7) is 2.07. The molecule has 1 heterocycles. The molecule has 1 fully saturated rings. The van der Waals surface area contributed by atoms with Gasteiger partial charge in [0.15, 0.2) is 0 Å². The van der Waals surface area contributed by atoms with Gasteiger partial charge in [-0.15, -0.1) is 0 Å². The molecule has 3 nitrogen and oxygen atoms in total. The maximum Gasteiger partial charge on any atom is 0.261 e. The molecule has 2 aromatic carbocycles. The molecule has 3 aromatic rings. The standard InChI is InChI=1S/C19H20N2O/c1-13-11-17-18(16-10-6-5-9-15(13)16)20-12-21(19(17)22)14-7-3-2-4-8-14/h5-6,9-12,14H,2-4,7-8H2,1H3. The normalized spacial score (nSPS) is 16.4. The summed E-state index contributed by atoms with van der Waals surface area (Å²) in [7, 11) is 0. The minimum absolute atomic E-state index is 0.116. The fraction of sp³-hybridized carbons (Fsp3) is 0.368. The molecule has 0 N–H and O–H groups in total. The molecule has 1 aromatic heterocycles. The van der Waals surface area contributed by atoms with Crippen LogP contribution in [-0.2, 0) is 0 Å². The van der Waals surface area contributed by atoms with Gasteiger partial charge in [0, 0.05) is 11.4 Å². The first-order chi connectivity index (χ1) is 10.8. The lowest BCUT2D eigenvalue weighted by Crippen LogP contribution is -2.26. The van der Waals surface area contributed by atoms with Crippen LogP contribution in [0.5, 0.6) is 0 Å². The van der Waals surface area contributed by atoms with E-state index in [-0.39, 0.29) is 5.56 Å². The van der Waals surface area contributed by atoms with Crippen LogP contribution in [0.4, 0.5) is 0 Å². The van der Waals surface area contributed by atoms with Crippen molar-refractivity contribution in [2.45, 2.75) is 45.1 Å². The van der Waals surface area contributed by atoms with Gasteiger partial charge in [-0.2, -0.15) is 0 Å². The van der Waals surface area contributed by atoms with Crippen LogP contribution in [0.15, 0.2) is 41.5 Å². The van der Waals surface area contributed by atoms with Crippen LogP contribution < -0.4 is 5.56 Å². The molecule has 1 saturated carbocycles. The van der Waals surface area contributed by atoms with Gasteiger partial charge in [-0.3, -0.25) is 9.36 Å². The Morgan fingerprint density at radius 2 is 1.77 bits per heavy atom. The minimum atomic E-state index is 0.116. The summed E-state index contributed by atoms with van der Waals surface area (Å²) in [5.74, 6) is 0. The Labute approximate surface area is 129 Å². The molecule has 22 heavy (non-hydrogen) atoms. The number of fused-ring (bicyclic) bond motifs is 3. The summed E-state index contributed by atoms with van der Waals surface area (Å²) in [6.07, 6.45) is 7.68. The molecule has 0 radical (unpaired) electrons. The number of benzene rings is 2. The van der Waals surface area contributed by atoms with Gasteiger partial charge in [0.2, 0.25) is 0 Å². The summed E-state index contributed by atoms with van der Waals surface area (Å²) >= 11 is 0. The third kappa shape index (κ3) is 2.04. The molecular formula is C19H20N2O. The van der Waals surface area contributed by atoms with Crippen molar-refractivity contribution in [3.63, 3.8) is 0 Å². The van der Waals surface area contributed by atoms with E-state index >= 15 is 0 Å². The van der Waals surface area contributed by atoms with Crippen LogP contribution in [0.2, 0.25) is 0 Å². The van der Waals surface area contributed by atoms with Crippen LogP contribution in [0.1, 0.15) is 43.7 Å². The van der Waals surface area contributed by atoms with E-state index in [1.165, 1.54) is 24.6 Å². The third-order valence-corrected chi connectivity index (χ3v) is 4.97. The van der Waals surface area contributed by atoms with E-state index in [1.54, 1.807) is 6.33 Å².